The minimum absolute atomic E-state index is 0.140. The van der Waals surface area contributed by atoms with Crippen LogP contribution in [-0.2, 0) is 12.7 Å². The molecule has 112 valence electrons. The molecule has 2 N–H and O–H groups in total. The Hall–Kier alpha value is -2.09. The molecule has 0 saturated carbocycles. The molecule has 0 amide bonds. The number of carbonyl (C=O) groups is 1. The summed E-state index contributed by atoms with van der Waals surface area (Å²) in [7, 11) is 0. The van der Waals surface area contributed by atoms with E-state index in [9.17, 15) is 18.0 Å². The van der Waals surface area contributed by atoms with Crippen LogP contribution in [0.2, 0.25) is 0 Å². The van der Waals surface area contributed by atoms with Gasteiger partial charge in [-0.3, -0.25) is 0 Å². The maximum Gasteiger partial charge on any atom is 0.416 e. The van der Waals surface area contributed by atoms with Gasteiger partial charge < -0.3 is 10.4 Å². The molecule has 0 saturated heterocycles. The summed E-state index contributed by atoms with van der Waals surface area (Å²) in [6.45, 7) is 2.13. The van der Waals surface area contributed by atoms with Crippen LogP contribution in [0, 0.1) is 6.92 Å². The highest BCUT2D eigenvalue weighted by Gasteiger charge is 2.31. The van der Waals surface area contributed by atoms with E-state index < -0.39 is 23.3 Å². The summed E-state index contributed by atoms with van der Waals surface area (Å²) < 4.78 is 37.8. The van der Waals surface area contributed by atoms with Gasteiger partial charge >= 0.3 is 12.1 Å². The van der Waals surface area contributed by atoms with Crippen molar-refractivity contribution >= 4 is 23.0 Å². The number of carboxylic acid groups (broad SMARTS) is 1. The average Bonchev–Trinajstić information content (AvgIpc) is 2.80. The van der Waals surface area contributed by atoms with E-state index in [0.29, 0.717) is 12.6 Å². The van der Waals surface area contributed by atoms with Crippen LogP contribution in [0.3, 0.4) is 0 Å². The number of hydrogen-bond acceptors (Lipinski definition) is 4. The Morgan fingerprint density at radius 2 is 2.14 bits per heavy atom. The number of aromatic nitrogens is 1. The van der Waals surface area contributed by atoms with Crippen molar-refractivity contribution in [2.75, 3.05) is 5.32 Å². The fraction of sp³-hybridized carbons (Fsp3) is 0.231. The van der Waals surface area contributed by atoms with Gasteiger partial charge in [0.05, 0.1) is 22.7 Å². The van der Waals surface area contributed by atoms with E-state index in [1.165, 1.54) is 11.3 Å². The molecule has 1 aromatic carbocycles. The van der Waals surface area contributed by atoms with Crippen LogP contribution < -0.4 is 5.32 Å². The summed E-state index contributed by atoms with van der Waals surface area (Å²) >= 11 is 1.43. The molecule has 2 aromatic rings. The van der Waals surface area contributed by atoms with E-state index in [1.807, 2.05) is 6.92 Å². The lowest BCUT2D eigenvalue weighted by Crippen LogP contribution is -2.10. The zero-order valence-corrected chi connectivity index (χ0v) is 11.7. The van der Waals surface area contributed by atoms with E-state index in [1.54, 1.807) is 6.20 Å². The topological polar surface area (TPSA) is 62.2 Å². The van der Waals surface area contributed by atoms with Crippen LogP contribution >= 0.6 is 11.3 Å². The molecule has 1 aromatic heterocycles. The first-order valence-electron chi connectivity index (χ1n) is 5.87. The third-order valence-electron chi connectivity index (χ3n) is 2.70. The fourth-order valence-electron chi connectivity index (χ4n) is 1.72. The van der Waals surface area contributed by atoms with Gasteiger partial charge in [-0.1, -0.05) is 0 Å². The smallest absolute Gasteiger partial charge is 0.416 e. The molecule has 0 aliphatic carbocycles. The molecular weight excluding hydrogens is 305 g/mol. The van der Waals surface area contributed by atoms with Crippen molar-refractivity contribution < 1.29 is 23.1 Å². The predicted octanol–water partition coefficient (Wildman–Crippen LogP) is 3.78. The van der Waals surface area contributed by atoms with E-state index in [4.69, 9.17) is 5.11 Å². The van der Waals surface area contributed by atoms with Gasteiger partial charge in [-0.25, -0.2) is 9.78 Å². The Labute approximate surface area is 122 Å². The first kappa shape index (κ1) is 15.3. The second kappa shape index (κ2) is 5.72. The standard InChI is InChI=1S/C13H11F3N2O2S/c1-7-17-5-9(21-7)6-18-11-3-2-8(13(14,15)16)4-10(11)12(19)20/h2-5,18H,6H2,1H3,(H,19,20). The second-order valence-electron chi connectivity index (χ2n) is 4.26. The van der Waals surface area contributed by atoms with E-state index >= 15 is 0 Å². The van der Waals surface area contributed by atoms with Crippen molar-refractivity contribution in [3.05, 3.63) is 45.4 Å². The van der Waals surface area contributed by atoms with Crippen molar-refractivity contribution in [3.63, 3.8) is 0 Å². The Bertz CT molecular complexity index is 668. The molecule has 0 spiro atoms. The average molecular weight is 316 g/mol. The lowest BCUT2D eigenvalue weighted by Gasteiger charge is -2.12. The van der Waals surface area contributed by atoms with Crippen LogP contribution in [0.25, 0.3) is 0 Å². The molecule has 0 radical (unpaired) electrons. The number of rotatable bonds is 4. The van der Waals surface area contributed by atoms with Crippen LogP contribution in [-0.4, -0.2) is 16.1 Å². The van der Waals surface area contributed by atoms with Crippen LogP contribution in [0.4, 0.5) is 18.9 Å². The Balaban J connectivity index is 2.24. The highest BCUT2D eigenvalue weighted by atomic mass is 32.1. The molecule has 0 bridgehead atoms. The molecule has 0 unspecified atom stereocenters. The normalized spacial score (nSPS) is 11.4. The number of thiazole rings is 1. The largest absolute Gasteiger partial charge is 0.478 e. The van der Waals surface area contributed by atoms with Crippen molar-refractivity contribution in [3.8, 4) is 0 Å². The highest BCUT2D eigenvalue weighted by molar-refractivity contribution is 7.11. The molecule has 0 atom stereocenters. The number of carboxylic acids is 1. The summed E-state index contributed by atoms with van der Waals surface area (Å²) in [5.74, 6) is -1.41. The molecule has 2 rings (SSSR count). The Kier molecular flexibility index (Phi) is 4.17. The fourth-order valence-corrected chi connectivity index (χ4v) is 2.46. The van der Waals surface area contributed by atoms with E-state index in [0.717, 1.165) is 22.0 Å². The maximum absolute atomic E-state index is 12.6. The molecule has 0 aliphatic rings. The molecule has 1 heterocycles. The van der Waals surface area contributed by atoms with Crippen molar-refractivity contribution in [1.29, 1.82) is 0 Å². The number of benzene rings is 1. The lowest BCUT2D eigenvalue weighted by molar-refractivity contribution is -0.137. The molecular formula is C13H11F3N2O2S. The number of halogens is 3. The summed E-state index contributed by atoms with van der Waals surface area (Å²) in [5, 5.41) is 12.7. The van der Waals surface area contributed by atoms with Gasteiger partial charge in [0, 0.05) is 16.8 Å². The van der Waals surface area contributed by atoms with Gasteiger partial charge in [0.2, 0.25) is 0 Å². The first-order valence-corrected chi connectivity index (χ1v) is 6.69. The van der Waals surface area contributed by atoms with Crippen molar-refractivity contribution in [1.82, 2.24) is 4.98 Å². The van der Waals surface area contributed by atoms with Gasteiger partial charge in [-0.05, 0) is 25.1 Å². The van der Waals surface area contributed by atoms with Gasteiger partial charge in [0.1, 0.15) is 0 Å². The second-order valence-corrected chi connectivity index (χ2v) is 5.58. The Morgan fingerprint density at radius 3 is 2.67 bits per heavy atom. The van der Waals surface area contributed by atoms with Crippen LogP contribution in [0.1, 0.15) is 25.8 Å². The van der Waals surface area contributed by atoms with E-state index in [-0.39, 0.29) is 5.69 Å². The zero-order valence-electron chi connectivity index (χ0n) is 10.9. The molecule has 4 nitrogen and oxygen atoms in total. The van der Waals surface area contributed by atoms with Crippen molar-refractivity contribution in [2.45, 2.75) is 19.6 Å². The number of alkyl halides is 3. The van der Waals surface area contributed by atoms with Crippen molar-refractivity contribution in [2.24, 2.45) is 0 Å². The number of anilines is 1. The number of aromatic carboxylic acids is 1. The number of nitrogens with one attached hydrogen (secondary N) is 1. The SMILES string of the molecule is Cc1ncc(CNc2ccc(C(F)(F)F)cc2C(=O)O)s1. The molecule has 0 aliphatic heterocycles. The van der Waals surface area contributed by atoms with Crippen LogP contribution in [0.5, 0.6) is 0 Å². The molecule has 8 heteroatoms. The maximum atomic E-state index is 12.6. The van der Waals surface area contributed by atoms with Crippen LogP contribution in [0.15, 0.2) is 24.4 Å². The first-order chi connectivity index (χ1) is 9.77. The lowest BCUT2D eigenvalue weighted by atomic mass is 10.1. The quantitative estimate of drug-likeness (QED) is 0.901. The minimum atomic E-state index is -4.57. The summed E-state index contributed by atoms with van der Waals surface area (Å²) in [6.07, 6.45) is -2.94. The summed E-state index contributed by atoms with van der Waals surface area (Å²) in [4.78, 5) is 16.0. The summed E-state index contributed by atoms with van der Waals surface area (Å²) in [5.41, 5.74) is -1.26. The molecule has 21 heavy (non-hydrogen) atoms. The number of nitrogens with zero attached hydrogens (tertiary/aromatic N) is 1. The third kappa shape index (κ3) is 3.72. The third-order valence-corrected chi connectivity index (χ3v) is 3.61. The molecule has 0 fully saturated rings. The van der Waals surface area contributed by atoms with E-state index in [2.05, 4.69) is 10.3 Å². The van der Waals surface area contributed by atoms with Gasteiger partial charge in [-0.15, -0.1) is 11.3 Å². The Morgan fingerprint density at radius 1 is 1.43 bits per heavy atom. The van der Waals surface area contributed by atoms with Gasteiger partial charge in [0.15, 0.2) is 0 Å². The minimum Gasteiger partial charge on any atom is -0.478 e. The number of hydrogen-bond donors (Lipinski definition) is 2. The van der Waals surface area contributed by atoms with Gasteiger partial charge in [0.25, 0.3) is 0 Å². The predicted molar refractivity (Wildman–Crippen MR) is 72.6 cm³/mol. The van der Waals surface area contributed by atoms with Gasteiger partial charge in [-0.2, -0.15) is 13.2 Å². The highest BCUT2D eigenvalue weighted by Crippen LogP contribution is 2.32. The summed E-state index contributed by atoms with van der Waals surface area (Å²) in [6, 6.07) is 2.61. The number of aryl methyl sites for hydroxylation is 1. The zero-order chi connectivity index (χ0) is 15.6. The monoisotopic (exact) mass is 316 g/mol.